The van der Waals surface area contributed by atoms with Gasteiger partial charge in [0, 0.05) is 12.3 Å². The van der Waals surface area contributed by atoms with Gasteiger partial charge in [-0.1, -0.05) is 0 Å². The van der Waals surface area contributed by atoms with Gasteiger partial charge < -0.3 is 10.8 Å². The maximum Gasteiger partial charge on any atom is 0.262 e. The van der Waals surface area contributed by atoms with Gasteiger partial charge in [0.1, 0.15) is 11.6 Å². The number of fused-ring (bicyclic) bond motifs is 1. The zero-order chi connectivity index (χ0) is 17.8. The third-order valence-electron chi connectivity index (χ3n) is 3.57. The van der Waals surface area contributed by atoms with Crippen molar-refractivity contribution in [2.24, 2.45) is 0 Å². The Morgan fingerprint density at radius 1 is 1.12 bits per heavy atom. The standard InChI is InChI=1S/C14H11N3O6S/c1-24(22,23)6-2-3-9(18)8(4-6)17-10(19)5-7-11(12(17)15)14(21)16-13(7)20/h2-5,18H,15H2,1H3,(H,16,20,21). The first-order valence-electron chi connectivity index (χ1n) is 6.56. The van der Waals surface area contributed by atoms with Crippen molar-refractivity contribution in [3.63, 3.8) is 0 Å². The van der Waals surface area contributed by atoms with Gasteiger partial charge in [-0.25, -0.2) is 8.42 Å². The minimum absolute atomic E-state index is 0.150. The van der Waals surface area contributed by atoms with Gasteiger partial charge in [0.05, 0.1) is 21.7 Å². The Morgan fingerprint density at radius 3 is 2.42 bits per heavy atom. The van der Waals surface area contributed by atoms with E-state index in [0.29, 0.717) is 0 Å². The van der Waals surface area contributed by atoms with Crippen molar-refractivity contribution < 1.29 is 23.1 Å². The fourth-order valence-electron chi connectivity index (χ4n) is 2.44. The van der Waals surface area contributed by atoms with Gasteiger partial charge in [0.15, 0.2) is 9.84 Å². The number of imide groups is 1. The van der Waals surface area contributed by atoms with Crippen molar-refractivity contribution in [2.75, 3.05) is 12.0 Å². The minimum Gasteiger partial charge on any atom is -0.506 e. The van der Waals surface area contributed by atoms with E-state index in [1.165, 1.54) is 6.07 Å². The van der Waals surface area contributed by atoms with Crippen molar-refractivity contribution in [1.29, 1.82) is 0 Å². The van der Waals surface area contributed by atoms with Crippen LogP contribution in [0.4, 0.5) is 5.82 Å². The SMILES string of the molecule is CS(=O)(=O)c1ccc(O)c(-n2c(N)c3c(cc2=O)C(=O)NC3=O)c1. The lowest BCUT2D eigenvalue weighted by atomic mass is 10.1. The van der Waals surface area contributed by atoms with Crippen LogP contribution in [0.1, 0.15) is 20.7 Å². The Morgan fingerprint density at radius 2 is 1.79 bits per heavy atom. The molecular formula is C14H11N3O6S. The highest BCUT2D eigenvalue weighted by Crippen LogP contribution is 2.29. The molecule has 0 fully saturated rings. The molecule has 4 N–H and O–H groups in total. The number of nitrogens with zero attached hydrogens (tertiary/aromatic N) is 1. The first-order chi connectivity index (χ1) is 11.1. The molecule has 0 saturated carbocycles. The van der Waals surface area contributed by atoms with Crippen LogP contribution >= 0.6 is 0 Å². The van der Waals surface area contributed by atoms with Crippen LogP contribution < -0.4 is 16.6 Å². The number of benzene rings is 1. The fraction of sp³-hybridized carbons (Fsp3) is 0.0714. The fourth-order valence-corrected chi connectivity index (χ4v) is 3.08. The van der Waals surface area contributed by atoms with E-state index in [2.05, 4.69) is 0 Å². The summed E-state index contributed by atoms with van der Waals surface area (Å²) in [5.74, 6) is -2.32. The Hall–Kier alpha value is -3.14. The minimum atomic E-state index is -3.61. The molecule has 0 bridgehead atoms. The van der Waals surface area contributed by atoms with E-state index < -0.39 is 33.0 Å². The van der Waals surface area contributed by atoms with E-state index in [0.717, 1.165) is 29.0 Å². The highest BCUT2D eigenvalue weighted by atomic mass is 32.2. The lowest BCUT2D eigenvalue weighted by Crippen LogP contribution is -2.24. The number of pyridine rings is 1. The molecule has 9 nitrogen and oxygen atoms in total. The first-order valence-corrected chi connectivity index (χ1v) is 8.45. The van der Waals surface area contributed by atoms with Crippen molar-refractivity contribution in [3.05, 3.63) is 45.7 Å². The summed E-state index contributed by atoms with van der Waals surface area (Å²) in [6.45, 7) is 0. The van der Waals surface area contributed by atoms with Crippen LogP contribution in [0.3, 0.4) is 0 Å². The quantitative estimate of drug-likeness (QED) is 0.614. The molecule has 0 aliphatic carbocycles. The van der Waals surface area contributed by atoms with Crippen molar-refractivity contribution in [2.45, 2.75) is 4.90 Å². The summed E-state index contributed by atoms with van der Waals surface area (Å²) in [5, 5.41) is 12.0. The number of amides is 2. The van der Waals surface area contributed by atoms with Crippen LogP contribution in [-0.2, 0) is 9.84 Å². The number of anilines is 1. The van der Waals surface area contributed by atoms with Gasteiger partial charge in [-0.2, -0.15) is 0 Å². The molecule has 124 valence electrons. The molecular weight excluding hydrogens is 338 g/mol. The summed E-state index contributed by atoms with van der Waals surface area (Å²) in [6, 6.07) is 4.22. The van der Waals surface area contributed by atoms with Crippen molar-refractivity contribution >= 4 is 27.5 Å². The molecule has 10 heteroatoms. The van der Waals surface area contributed by atoms with Crippen LogP contribution in [0.5, 0.6) is 5.75 Å². The molecule has 24 heavy (non-hydrogen) atoms. The predicted molar refractivity (Wildman–Crippen MR) is 83.0 cm³/mol. The highest BCUT2D eigenvalue weighted by molar-refractivity contribution is 7.90. The van der Waals surface area contributed by atoms with Crippen molar-refractivity contribution in [1.82, 2.24) is 9.88 Å². The van der Waals surface area contributed by atoms with Crippen LogP contribution in [0.25, 0.3) is 5.69 Å². The van der Waals surface area contributed by atoms with E-state index in [1.54, 1.807) is 0 Å². The van der Waals surface area contributed by atoms with Crippen LogP contribution in [0.15, 0.2) is 34.0 Å². The number of sulfone groups is 1. The molecule has 0 unspecified atom stereocenters. The van der Waals surface area contributed by atoms with Crippen LogP contribution in [0.2, 0.25) is 0 Å². The average molecular weight is 349 g/mol. The van der Waals surface area contributed by atoms with Crippen LogP contribution in [0, 0.1) is 0 Å². The van der Waals surface area contributed by atoms with E-state index >= 15 is 0 Å². The Balaban J connectivity index is 2.37. The molecule has 1 aromatic carbocycles. The topological polar surface area (TPSA) is 149 Å². The maximum absolute atomic E-state index is 12.3. The number of phenolic OH excluding ortho intramolecular Hbond substituents is 1. The second kappa shape index (κ2) is 4.93. The molecule has 0 saturated heterocycles. The molecule has 0 spiro atoms. The summed E-state index contributed by atoms with van der Waals surface area (Å²) >= 11 is 0. The Bertz CT molecular complexity index is 1080. The van der Waals surface area contributed by atoms with Crippen molar-refractivity contribution in [3.8, 4) is 11.4 Å². The smallest absolute Gasteiger partial charge is 0.262 e. The Labute approximate surface area is 135 Å². The molecule has 1 aliphatic heterocycles. The second-order valence-corrected chi connectivity index (χ2v) is 7.21. The van der Waals surface area contributed by atoms with E-state index in [-0.39, 0.29) is 27.5 Å². The summed E-state index contributed by atoms with van der Waals surface area (Å²) in [6.07, 6.45) is 0.962. The van der Waals surface area contributed by atoms with Crippen LogP contribution in [-0.4, -0.2) is 36.2 Å². The van der Waals surface area contributed by atoms with E-state index in [1.807, 2.05) is 5.32 Å². The number of nitrogen functional groups attached to an aromatic ring is 1. The van der Waals surface area contributed by atoms with Gasteiger partial charge >= 0.3 is 0 Å². The van der Waals surface area contributed by atoms with E-state index in [4.69, 9.17) is 5.73 Å². The Kier molecular flexibility index (Phi) is 3.23. The van der Waals surface area contributed by atoms with Gasteiger partial charge in [-0.05, 0) is 18.2 Å². The lowest BCUT2D eigenvalue weighted by Gasteiger charge is -2.14. The third kappa shape index (κ3) is 2.24. The number of nitrogens with one attached hydrogen (secondary N) is 1. The number of hydrogen-bond donors (Lipinski definition) is 3. The van der Waals surface area contributed by atoms with Gasteiger partial charge in [-0.3, -0.25) is 24.3 Å². The monoisotopic (exact) mass is 349 g/mol. The predicted octanol–water partition coefficient (Wildman–Crippen LogP) is -0.588. The molecule has 0 atom stereocenters. The number of nitrogens with two attached hydrogens (primary N) is 1. The maximum atomic E-state index is 12.3. The molecule has 2 heterocycles. The largest absolute Gasteiger partial charge is 0.506 e. The molecule has 0 radical (unpaired) electrons. The molecule has 1 aromatic heterocycles. The molecule has 2 aromatic rings. The summed E-state index contributed by atoms with van der Waals surface area (Å²) in [4.78, 5) is 35.6. The normalized spacial score (nSPS) is 13.7. The van der Waals surface area contributed by atoms with E-state index in [9.17, 15) is 27.9 Å². The summed E-state index contributed by atoms with van der Waals surface area (Å²) in [7, 11) is -3.61. The molecule has 1 aliphatic rings. The number of phenols is 1. The zero-order valence-corrected chi connectivity index (χ0v) is 13.0. The number of rotatable bonds is 2. The number of hydrogen-bond acceptors (Lipinski definition) is 7. The zero-order valence-electron chi connectivity index (χ0n) is 12.2. The third-order valence-corrected chi connectivity index (χ3v) is 4.68. The first kappa shape index (κ1) is 15.7. The average Bonchev–Trinajstić information content (AvgIpc) is 2.74. The lowest BCUT2D eigenvalue weighted by molar-refractivity contribution is 0.0880. The summed E-state index contributed by atoms with van der Waals surface area (Å²) in [5.41, 5.74) is 4.46. The highest BCUT2D eigenvalue weighted by Gasteiger charge is 2.32. The number of carbonyl (C=O) groups is 2. The molecule has 2 amide bonds. The van der Waals surface area contributed by atoms with Gasteiger partial charge in [-0.15, -0.1) is 0 Å². The number of aromatic nitrogens is 1. The number of carbonyl (C=O) groups excluding carboxylic acids is 2. The van der Waals surface area contributed by atoms with Gasteiger partial charge in [0.2, 0.25) is 0 Å². The second-order valence-electron chi connectivity index (χ2n) is 5.20. The van der Waals surface area contributed by atoms with Gasteiger partial charge in [0.25, 0.3) is 17.4 Å². The number of aromatic hydroxyl groups is 1. The molecule has 3 rings (SSSR count). The summed E-state index contributed by atoms with van der Waals surface area (Å²) < 4.78 is 24.1.